The number of nitrogens with zero attached hydrogens (tertiary/aromatic N) is 1. The van der Waals surface area contributed by atoms with Crippen LogP contribution in [-0.2, 0) is 16.1 Å². The van der Waals surface area contributed by atoms with Crippen molar-refractivity contribution in [3.63, 3.8) is 0 Å². The van der Waals surface area contributed by atoms with Crippen molar-refractivity contribution in [2.45, 2.75) is 83.1 Å². The van der Waals surface area contributed by atoms with Crippen molar-refractivity contribution < 1.29 is 41.8 Å². The largest absolute Gasteiger partial charge is 0.496 e. The zero-order chi connectivity index (χ0) is 32.7. The first-order chi connectivity index (χ1) is 21.4. The van der Waals surface area contributed by atoms with Gasteiger partial charge in [0.15, 0.2) is 22.9 Å². The molecule has 2 aromatic carbocycles. The summed E-state index contributed by atoms with van der Waals surface area (Å²) in [6, 6.07) is 6.70. The van der Waals surface area contributed by atoms with Crippen molar-refractivity contribution in [1.29, 1.82) is 0 Å². The fraction of sp³-hybridized carbons (Fsp3) is 0.485. The molecule has 10 nitrogen and oxygen atoms in total. The standard InChI is InChI=1S/C33H39F2N3O7/c1-7-32(3,8-2)37-29(39)18-9-10-21-25(13-18)45-28-27(21)44-17-33(4,38(30(28)40)19-14-20(15-19)42-5)31(41)36-16-22-24(43-6)12-11-23(34)26(22)35/h9-13,19-20H,7-8,14-17H2,1-6H3,(H,36,41)(H,37,39). The summed E-state index contributed by atoms with van der Waals surface area (Å²) in [6.07, 6.45) is 2.37. The number of furan rings is 1. The molecule has 2 N–H and O–H groups in total. The summed E-state index contributed by atoms with van der Waals surface area (Å²) < 4.78 is 51.5. The highest BCUT2D eigenvalue weighted by Gasteiger charge is 2.53. The van der Waals surface area contributed by atoms with E-state index in [2.05, 4.69) is 10.6 Å². The Hall–Kier alpha value is -4.19. The summed E-state index contributed by atoms with van der Waals surface area (Å²) >= 11 is 0. The molecule has 1 atom stereocenters. The smallest absolute Gasteiger partial charge is 0.294 e. The van der Waals surface area contributed by atoms with Gasteiger partial charge in [-0.3, -0.25) is 14.4 Å². The first-order valence-electron chi connectivity index (χ1n) is 15.1. The van der Waals surface area contributed by atoms with Gasteiger partial charge in [0.25, 0.3) is 11.8 Å². The maximum Gasteiger partial charge on any atom is 0.294 e. The number of methoxy groups -OCH3 is 2. The first-order valence-corrected chi connectivity index (χ1v) is 15.1. The van der Waals surface area contributed by atoms with Gasteiger partial charge in [-0.1, -0.05) is 13.8 Å². The van der Waals surface area contributed by atoms with Crippen LogP contribution in [0.4, 0.5) is 8.78 Å². The number of benzene rings is 2. The summed E-state index contributed by atoms with van der Waals surface area (Å²) in [5.74, 6) is -3.55. The third kappa shape index (κ3) is 5.71. The SMILES string of the molecule is CCC(C)(CC)NC(=O)c1ccc2c3c(oc2c1)C(=O)N(C1CC(OC)C1)C(C)(C(=O)NCc1c(OC)ccc(F)c1F)CO3. The van der Waals surface area contributed by atoms with Crippen LogP contribution in [0, 0.1) is 11.6 Å². The number of hydrogen-bond donors (Lipinski definition) is 2. The number of ether oxygens (including phenoxy) is 3. The highest BCUT2D eigenvalue weighted by atomic mass is 19.2. The number of fused-ring (bicyclic) bond motifs is 3. The van der Waals surface area contributed by atoms with Crippen molar-refractivity contribution in [1.82, 2.24) is 15.5 Å². The van der Waals surface area contributed by atoms with Crippen LogP contribution in [0.15, 0.2) is 34.7 Å². The van der Waals surface area contributed by atoms with Crippen LogP contribution in [0.1, 0.15) is 79.9 Å². The van der Waals surface area contributed by atoms with Gasteiger partial charge in [0.05, 0.1) is 24.2 Å². The lowest BCUT2D eigenvalue weighted by Crippen LogP contribution is -2.66. The molecule has 1 unspecified atom stereocenters. The molecule has 5 rings (SSSR count). The van der Waals surface area contributed by atoms with E-state index in [1.165, 1.54) is 18.1 Å². The molecular weight excluding hydrogens is 588 g/mol. The Labute approximate surface area is 260 Å². The highest BCUT2D eigenvalue weighted by Crippen LogP contribution is 2.42. The number of rotatable bonds is 10. The molecule has 242 valence electrons. The van der Waals surface area contributed by atoms with Crippen LogP contribution >= 0.6 is 0 Å². The predicted octanol–water partition coefficient (Wildman–Crippen LogP) is 5.12. The molecule has 0 saturated heterocycles. The van der Waals surface area contributed by atoms with Crippen LogP contribution in [0.25, 0.3) is 11.0 Å². The van der Waals surface area contributed by atoms with E-state index in [1.807, 2.05) is 20.8 Å². The molecule has 3 amide bonds. The second-order valence-electron chi connectivity index (χ2n) is 12.1. The first kappa shape index (κ1) is 32.2. The Balaban J connectivity index is 1.47. The molecule has 1 fully saturated rings. The average molecular weight is 628 g/mol. The molecule has 12 heteroatoms. The molecule has 2 heterocycles. The van der Waals surface area contributed by atoms with Crippen molar-refractivity contribution in [3.8, 4) is 11.5 Å². The summed E-state index contributed by atoms with van der Waals surface area (Å²) in [7, 11) is 2.89. The van der Waals surface area contributed by atoms with Gasteiger partial charge in [-0.25, -0.2) is 8.78 Å². The third-order valence-electron chi connectivity index (χ3n) is 9.38. The quantitative estimate of drug-likeness (QED) is 0.321. The summed E-state index contributed by atoms with van der Waals surface area (Å²) in [6.45, 7) is 6.92. The molecular formula is C33H39F2N3O7. The Kier molecular flexibility index (Phi) is 8.81. The van der Waals surface area contributed by atoms with Gasteiger partial charge in [0, 0.05) is 30.8 Å². The third-order valence-corrected chi connectivity index (χ3v) is 9.38. The number of carbonyl (C=O) groups excluding carboxylic acids is 3. The molecule has 0 spiro atoms. The minimum atomic E-state index is -1.56. The van der Waals surface area contributed by atoms with E-state index in [0.717, 1.165) is 18.9 Å². The monoisotopic (exact) mass is 627 g/mol. The van der Waals surface area contributed by atoms with Gasteiger partial charge in [0.1, 0.15) is 17.9 Å². The number of nitrogens with one attached hydrogen (secondary N) is 2. The summed E-state index contributed by atoms with van der Waals surface area (Å²) in [4.78, 5) is 42.6. The van der Waals surface area contributed by atoms with Gasteiger partial charge in [0.2, 0.25) is 11.7 Å². The van der Waals surface area contributed by atoms with E-state index in [-0.39, 0.29) is 59.6 Å². The zero-order valence-electron chi connectivity index (χ0n) is 26.3. The average Bonchev–Trinajstić information content (AvgIpc) is 3.34. The minimum absolute atomic E-state index is 0.0686. The van der Waals surface area contributed by atoms with Crippen LogP contribution in [0.2, 0.25) is 0 Å². The Morgan fingerprint density at radius 2 is 1.84 bits per heavy atom. The van der Waals surface area contributed by atoms with Crippen LogP contribution in [0.3, 0.4) is 0 Å². The lowest BCUT2D eigenvalue weighted by atomic mass is 9.83. The number of hydrogen-bond acceptors (Lipinski definition) is 7. The summed E-state index contributed by atoms with van der Waals surface area (Å²) in [5.41, 5.74) is -1.43. The molecule has 0 radical (unpaired) electrons. The number of amides is 3. The van der Waals surface area contributed by atoms with Crippen LogP contribution < -0.4 is 20.1 Å². The summed E-state index contributed by atoms with van der Waals surface area (Å²) in [5, 5.41) is 6.20. The fourth-order valence-electron chi connectivity index (χ4n) is 5.86. The highest BCUT2D eigenvalue weighted by molar-refractivity contribution is 6.06. The molecule has 1 aliphatic heterocycles. The lowest BCUT2D eigenvalue weighted by molar-refractivity contribution is -0.138. The van der Waals surface area contributed by atoms with Gasteiger partial charge in [-0.2, -0.15) is 0 Å². The zero-order valence-corrected chi connectivity index (χ0v) is 26.3. The Bertz CT molecular complexity index is 1630. The van der Waals surface area contributed by atoms with E-state index < -0.39 is 29.0 Å². The molecule has 1 saturated carbocycles. The Morgan fingerprint density at radius 1 is 1.13 bits per heavy atom. The van der Waals surface area contributed by atoms with Gasteiger partial charge in [-0.05, 0) is 69.9 Å². The van der Waals surface area contributed by atoms with Gasteiger partial charge < -0.3 is 34.2 Å². The molecule has 2 aliphatic rings. The van der Waals surface area contributed by atoms with Crippen molar-refractivity contribution >= 4 is 28.7 Å². The van der Waals surface area contributed by atoms with E-state index in [4.69, 9.17) is 18.6 Å². The minimum Gasteiger partial charge on any atom is -0.496 e. The normalized spacial score (nSPS) is 21.4. The van der Waals surface area contributed by atoms with Crippen molar-refractivity contribution in [3.05, 3.63) is 58.9 Å². The lowest BCUT2D eigenvalue weighted by Gasteiger charge is -2.48. The van der Waals surface area contributed by atoms with E-state index in [9.17, 15) is 23.2 Å². The molecule has 3 aromatic rings. The second-order valence-corrected chi connectivity index (χ2v) is 12.1. The van der Waals surface area contributed by atoms with Crippen molar-refractivity contribution in [2.75, 3.05) is 20.8 Å². The van der Waals surface area contributed by atoms with E-state index in [1.54, 1.807) is 32.2 Å². The maximum atomic E-state index is 14.6. The molecule has 1 aliphatic carbocycles. The van der Waals surface area contributed by atoms with Gasteiger partial charge >= 0.3 is 0 Å². The maximum absolute atomic E-state index is 14.6. The van der Waals surface area contributed by atoms with E-state index in [0.29, 0.717) is 29.4 Å². The molecule has 1 aromatic heterocycles. The van der Waals surface area contributed by atoms with Crippen LogP contribution in [0.5, 0.6) is 11.5 Å². The number of carbonyl (C=O) groups is 3. The van der Waals surface area contributed by atoms with E-state index >= 15 is 0 Å². The molecule has 0 bridgehead atoms. The topological polar surface area (TPSA) is 119 Å². The Morgan fingerprint density at radius 3 is 2.49 bits per heavy atom. The predicted molar refractivity (Wildman–Crippen MR) is 161 cm³/mol. The van der Waals surface area contributed by atoms with Crippen molar-refractivity contribution in [2.24, 2.45) is 0 Å². The molecule has 45 heavy (non-hydrogen) atoms. The number of halogens is 2. The second kappa shape index (κ2) is 12.3. The van der Waals surface area contributed by atoms with Gasteiger partial charge in [-0.15, -0.1) is 0 Å². The fourth-order valence-corrected chi connectivity index (χ4v) is 5.86. The van der Waals surface area contributed by atoms with Crippen LogP contribution in [-0.4, -0.2) is 66.7 Å².